The highest BCUT2D eigenvalue weighted by molar-refractivity contribution is 6.00. The molecule has 1 saturated heterocycles. The maximum absolute atomic E-state index is 12.2. The first-order chi connectivity index (χ1) is 10.1. The van der Waals surface area contributed by atoms with Crippen molar-refractivity contribution in [2.45, 2.75) is 19.1 Å². The first-order valence-corrected chi connectivity index (χ1v) is 7.09. The zero-order chi connectivity index (χ0) is 15.4. The topological polar surface area (TPSA) is 76.8 Å². The third-order valence-corrected chi connectivity index (χ3v) is 3.77. The summed E-state index contributed by atoms with van der Waals surface area (Å²) in [5.74, 6) is -0.0951. The van der Waals surface area contributed by atoms with Crippen LogP contribution in [-0.4, -0.2) is 52.0 Å². The molecule has 0 spiro atoms. The van der Waals surface area contributed by atoms with Crippen LogP contribution < -0.4 is 16.0 Å². The van der Waals surface area contributed by atoms with Crippen molar-refractivity contribution in [1.82, 2.24) is 5.32 Å². The molecule has 1 aromatic carbocycles. The molecule has 116 valence electrons. The number of carbonyl (C=O) groups is 1. The number of nitrogen functional groups attached to an aromatic ring is 1. The van der Waals surface area contributed by atoms with E-state index in [0.717, 1.165) is 5.69 Å². The summed E-state index contributed by atoms with van der Waals surface area (Å²) in [6.07, 6.45) is -0.0305. The highest BCUT2D eigenvalue weighted by atomic mass is 16.5. The van der Waals surface area contributed by atoms with Crippen LogP contribution in [0.4, 0.5) is 11.4 Å². The molecule has 0 aliphatic carbocycles. The van der Waals surface area contributed by atoms with Crippen molar-refractivity contribution in [2.75, 3.05) is 44.5 Å². The van der Waals surface area contributed by atoms with Crippen LogP contribution in [0.15, 0.2) is 18.2 Å². The smallest absolute Gasteiger partial charge is 0.253 e. The molecule has 0 bridgehead atoms. The monoisotopic (exact) mass is 293 g/mol. The number of nitrogens with zero attached hydrogens (tertiary/aromatic N) is 1. The van der Waals surface area contributed by atoms with Gasteiger partial charge in [0.15, 0.2) is 0 Å². The molecule has 1 aromatic rings. The summed E-state index contributed by atoms with van der Waals surface area (Å²) in [6, 6.07) is 5.33. The van der Waals surface area contributed by atoms with E-state index in [2.05, 4.69) is 10.2 Å². The van der Waals surface area contributed by atoms with E-state index in [0.29, 0.717) is 30.9 Å². The van der Waals surface area contributed by atoms with E-state index in [-0.39, 0.29) is 18.1 Å². The molecule has 0 aromatic heterocycles. The fourth-order valence-electron chi connectivity index (χ4n) is 2.65. The van der Waals surface area contributed by atoms with E-state index in [1.165, 1.54) is 0 Å². The lowest BCUT2D eigenvalue weighted by atomic mass is 10.1. The summed E-state index contributed by atoms with van der Waals surface area (Å²) >= 11 is 0. The predicted octanol–water partition coefficient (Wildman–Crippen LogP) is 0.869. The molecule has 1 heterocycles. The van der Waals surface area contributed by atoms with Crippen LogP contribution in [0.5, 0.6) is 0 Å². The summed E-state index contributed by atoms with van der Waals surface area (Å²) in [6.45, 7) is 3.83. The van der Waals surface area contributed by atoms with Gasteiger partial charge in [-0.25, -0.2) is 0 Å². The van der Waals surface area contributed by atoms with Crippen molar-refractivity contribution in [3.05, 3.63) is 23.8 Å². The number of anilines is 2. The Balaban J connectivity index is 2.30. The average molecular weight is 293 g/mol. The number of nitrogens with two attached hydrogens (primary N) is 1. The minimum absolute atomic E-state index is 0.0153. The molecule has 1 fully saturated rings. The molecular formula is C15H23N3O3. The molecule has 3 N–H and O–H groups in total. The van der Waals surface area contributed by atoms with Gasteiger partial charge in [0.2, 0.25) is 0 Å². The van der Waals surface area contributed by atoms with E-state index in [1.54, 1.807) is 26.4 Å². The number of nitrogens with one attached hydrogen (secondary N) is 1. The average Bonchev–Trinajstić information content (AvgIpc) is 2.90. The maximum Gasteiger partial charge on any atom is 0.253 e. The molecule has 0 saturated carbocycles. The van der Waals surface area contributed by atoms with Crippen molar-refractivity contribution in [3.63, 3.8) is 0 Å². The highest BCUT2D eigenvalue weighted by Gasteiger charge is 2.34. The third-order valence-electron chi connectivity index (χ3n) is 3.77. The Morgan fingerprint density at radius 3 is 2.48 bits per heavy atom. The Labute approximate surface area is 125 Å². The second kappa shape index (κ2) is 6.78. The number of ether oxygens (including phenoxy) is 2. The van der Waals surface area contributed by atoms with Crippen LogP contribution in [0, 0.1) is 0 Å². The van der Waals surface area contributed by atoms with Gasteiger partial charge in [-0.1, -0.05) is 0 Å². The van der Waals surface area contributed by atoms with Crippen LogP contribution >= 0.6 is 0 Å². The lowest BCUT2D eigenvalue weighted by Crippen LogP contribution is -2.28. The number of amides is 1. The normalized spacial score (nSPS) is 21.6. The molecule has 1 aliphatic heterocycles. The molecule has 1 amide bonds. The Morgan fingerprint density at radius 1 is 1.33 bits per heavy atom. The first-order valence-electron chi connectivity index (χ1n) is 7.09. The van der Waals surface area contributed by atoms with Gasteiger partial charge in [0.1, 0.15) is 12.2 Å². The van der Waals surface area contributed by atoms with Crippen LogP contribution in [0.25, 0.3) is 0 Å². The van der Waals surface area contributed by atoms with Gasteiger partial charge < -0.3 is 25.4 Å². The van der Waals surface area contributed by atoms with Gasteiger partial charge in [-0.15, -0.1) is 0 Å². The van der Waals surface area contributed by atoms with Crippen molar-refractivity contribution in [2.24, 2.45) is 0 Å². The third kappa shape index (κ3) is 3.28. The SMILES string of the molecule is CCNC(=O)c1ccc(N)cc1N1CC(OC)C(OC)C1. The van der Waals surface area contributed by atoms with Gasteiger partial charge in [0, 0.05) is 39.5 Å². The Morgan fingerprint density at radius 2 is 1.95 bits per heavy atom. The molecule has 0 radical (unpaired) electrons. The van der Waals surface area contributed by atoms with Crippen LogP contribution in [0.3, 0.4) is 0 Å². The number of hydrogen-bond acceptors (Lipinski definition) is 5. The lowest BCUT2D eigenvalue weighted by molar-refractivity contribution is -0.00461. The van der Waals surface area contributed by atoms with E-state index in [9.17, 15) is 4.79 Å². The second-order valence-electron chi connectivity index (χ2n) is 5.09. The number of hydrogen-bond donors (Lipinski definition) is 2. The van der Waals surface area contributed by atoms with Crippen molar-refractivity contribution in [1.29, 1.82) is 0 Å². The quantitative estimate of drug-likeness (QED) is 0.788. The summed E-state index contributed by atoms with van der Waals surface area (Å²) in [5, 5.41) is 2.83. The Bertz CT molecular complexity index is 495. The Kier molecular flexibility index (Phi) is 5.03. The van der Waals surface area contributed by atoms with Crippen molar-refractivity contribution in [3.8, 4) is 0 Å². The molecule has 6 heteroatoms. The van der Waals surface area contributed by atoms with E-state index < -0.39 is 0 Å². The molecule has 21 heavy (non-hydrogen) atoms. The molecule has 6 nitrogen and oxygen atoms in total. The molecule has 2 atom stereocenters. The number of carbonyl (C=O) groups excluding carboxylic acids is 1. The molecular weight excluding hydrogens is 270 g/mol. The first kappa shape index (κ1) is 15.6. The zero-order valence-corrected chi connectivity index (χ0v) is 12.8. The summed E-state index contributed by atoms with van der Waals surface area (Å²) in [7, 11) is 3.34. The lowest BCUT2D eigenvalue weighted by Gasteiger charge is -2.21. The minimum atomic E-state index is -0.0951. The standard InChI is InChI=1S/C15H23N3O3/c1-4-17-15(19)11-6-5-10(16)7-12(11)18-8-13(20-2)14(9-18)21-3/h5-7,13-14H,4,8-9,16H2,1-3H3,(H,17,19). The number of benzene rings is 1. The molecule has 2 unspecified atom stereocenters. The van der Waals surface area contributed by atoms with Gasteiger partial charge in [-0.3, -0.25) is 4.79 Å². The summed E-state index contributed by atoms with van der Waals surface area (Å²) in [4.78, 5) is 14.3. The number of methoxy groups -OCH3 is 2. The zero-order valence-electron chi connectivity index (χ0n) is 12.8. The molecule has 1 aliphatic rings. The molecule has 2 rings (SSSR count). The minimum Gasteiger partial charge on any atom is -0.399 e. The van der Waals surface area contributed by atoms with E-state index >= 15 is 0 Å². The van der Waals surface area contributed by atoms with Crippen LogP contribution in [0.1, 0.15) is 17.3 Å². The van der Waals surface area contributed by atoms with Gasteiger partial charge in [-0.2, -0.15) is 0 Å². The largest absolute Gasteiger partial charge is 0.399 e. The van der Waals surface area contributed by atoms with Crippen molar-refractivity contribution >= 4 is 17.3 Å². The van der Waals surface area contributed by atoms with Gasteiger partial charge >= 0.3 is 0 Å². The van der Waals surface area contributed by atoms with Gasteiger partial charge in [0.05, 0.1) is 11.3 Å². The maximum atomic E-state index is 12.2. The highest BCUT2D eigenvalue weighted by Crippen LogP contribution is 2.28. The van der Waals surface area contributed by atoms with Gasteiger partial charge in [0.25, 0.3) is 5.91 Å². The fourth-order valence-corrected chi connectivity index (χ4v) is 2.65. The van der Waals surface area contributed by atoms with Crippen LogP contribution in [0.2, 0.25) is 0 Å². The van der Waals surface area contributed by atoms with Crippen molar-refractivity contribution < 1.29 is 14.3 Å². The fraction of sp³-hybridized carbons (Fsp3) is 0.533. The number of rotatable bonds is 5. The van der Waals surface area contributed by atoms with Gasteiger partial charge in [-0.05, 0) is 25.1 Å². The summed E-state index contributed by atoms with van der Waals surface area (Å²) in [5.41, 5.74) is 7.96. The van der Waals surface area contributed by atoms with Crippen LogP contribution in [-0.2, 0) is 9.47 Å². The predicted molar refractivity (Wildman–Crippen MR) is 82.7 cm³/mol. The van der Waals surface area contributed by atoms with E-state index in [4.69, 9.17) is 15.2 Å². The Hall–Kier alpha value is -1.79. The summed E-state index contributed by atoms with van der Waals surface area (Å²) < 4.78 is 10.9. The second-order valence-corrected chi connectivity index (χ2v) is 5.09. The van der Waals surface area contributed by atoms with E-state index in [1.807, 2.05) is 13.0 Å².